The molecule has 0 heterocycles. The number of hydrogen-bond acceptors (Lipinski definition) is 2. The molecule has 3 heteroatoms. The van der Waals surface area contributed by atoms with E-state index in [0.29, 0.717) is 5.56 Å². The fourth-order valence-electron chi connectivity index (χ4n) is 2.14. The van der Waals surface area contributed by atoms with E-state index in [2.05, 4.69) is 17.4 Å². The maximum absolute atomic E-state index is 12.1. The summed E-state index contributed by atoms with van der Waals surface area (Å²) < 4.78 is 0. The molecular formula is C18H20N2O. The van der Waals surface area contributed by atoms with Crippen molar-refractivity contribution in [1.29, 1.82) is 0 Å². The number of carbonyl (C=O) groups is 1. The van der Waals surface area contributed by atoms with Gasteiger partial charge in [-0.05, 0) is 31.0 Å². The Kier molecular flexibility index (Phi) is 5.29. The molecule has 0 saturated heterocycles. The topological polar surface area (TPSA) is 41.1 Å². The van der Waals surface area contributed by atoms with Crippen molar-refractivity contribution in [3.8, 4) is 0 Å². The first kappa shape index (κ1) is 15.0. The molecule has 0 fully saturated rings. The van der Waals surface area contributed by atoms with E-state index in [1.807, 2.05) is 61.5 Å². The van der Waals surface area contributed by atoms with Gasteiger partial charge < -0.3 is 0 Å². The summed E-state index contributed by atoms with van der Waals surface area (Å²) in [5, 5.41) is 0. The van der Waals surface area contributed by atoms with Crippen molar-refractivity contribution in [3.63, 3.8) is 0 Å². The van der Waals surface area contributed by atoms with E-state index in [4.69, 9.17) is 0 Å². The van der Waals surface area contributed by atoms with Gasteiger partial charge in [0, 0.05) is 5.56 Å². The Morgan fingerprint density at radius 3 is 2.62 bits per heavy atom. The molecule has 2 aromatic rings. The van der Waals surface area contributed by atoms with Crippen molar-refractivity contribution in [3.05, 3.63) is 83.9 Å². The number of carbonyl (C=O) groups excluding carboxylic acids is 1. The second kappa shape index (κ2) is 7.41. The minimum Gasteiger partial charge on any atom is -0.287 e. The third-order valence-electron chi connectivity index (χ3n) is 3.24. The van der Waals surface area contributed by atoms with Gasteiger partial charge in [0.1, 0.15) is 0 Å². The monoisotopic (exact) mass is 280 g/mol. The molecule has 2 rings (SSSR count). The van der Waals surface area contributed by atoms with E-state index in [-0.39, 0.29) is 11.9 Å². The lowest BCUT2D eigenvalue weighted by Crippen LogP contribution is -2.39. The molecule has 1 atom stereocenters. The number of amides is 1. The van der Waals surface area contributed by atoms with Gasteiger partial charge in [0.2, 0.25) is 0 Å². The largest absolute Gasteiger partial charge is 0.287 e. The Morgan fingerprint density at radius 2 is 1.95 bits per heavy atom. The van der Waals surface area contributed by atoms with Crippen LogP contribution in [0.25, 0.3) is 0 Å². The minimum atomic E-state index is -0.135. The van der Waals surface area contributed by atoms with Crippen molar-refractivity contribution in [2.45, 2.75) is 19.4 Å². The van der Waals surface area contributed by atoms with Crippen LogP contribution in [0.4, 0.5) is 0 Å². The summed E-state index contributed by atoms with van der Waals surface area (Å²) in [6.07, 6.45) is 2.57. The molecule has 0 spiro atoms. The first-order valence-electron chi connectivity index (χ1n) is 6.99. The predicted octanol–water partition coefficient (Wildman–Crippen LogP) is 3.55. The molecule has 0 bridgehead atoms. The van der Waals surface area contributed by atoms with Crippen LogP contribution in [0.2, 0.25) is 0 Å². The molecule has 2 N–H and O–H groups in total. The Morgan fingerprint density at radius 1 is 1.19 bits per heavy atom. The Balaban J connectivity index is 2.02. The third-order valence-corrected chi connectivity index (χ3v) is 3.24. The van der Waals surface area contributed by atoms with E-state index in [0.717, 1.165) is 17.5 Å². The van der Waals surface area contributed by atoms with Crippen LogP contribution < -0.4 is 10.9 Å². The predicted molar refractivity (Wildman–Crippen MR) is 85.8 cm³/mol. The SMILES string of the molecule is C=CCC(NNC(=O)c1cccc(C)c1)c1ccccc1. The van der Waals surface area contributed by atoms with Crippen LogP contribution in [-0.2, 0) is 0 Å². The first-order valence-corrected chi connectivity index (χ1v) is 6.99. The van der Waals surface area contributed by atoms with Crippen LogP contribution in [0.1, 0.15) is 33.9 Å². The van der Waals surface area contributed by atoms with Crippen LogP contribution in [0.3, 0.4) is 0 Å². The summed E-state index contributed by atoms with van der Waals surface area (Å²) >= 11 is 0. The van der Waals surface area contributed by atoms with Gasteiger partial charge >= 0.3 is 0 Å². The molecule has 0 aliphatic heterocycles. The zero-order valence-corrected chi connectivity index (χ0v) is 12.2. The molecule has 0 aliphatic rings. The van der Waals surface area contributed by atoms with Gasteiger partial charge in [-0.3, -0.25) is 10.2 Å². The highest BCUT2D eigenvalue weighted by molar-refractivity contribution is 5.94. The second-order valence-electron chi connectivity index (χ2n) is 4.96. The Hall–Kier alpha value is -2.39. The lowest BCUT2D eigenvalue weighted by Gasteiger charge is -2.18. The van der Waals surface area contributed by atoms with Crippen LogP contribution in [-0.4, -0.2) is 5.91 Å². The molecule has 3 nitrogen and oxygen atoms in total. The van der Waals surface area contributed by atoms with Crippen molar-refractivity contribution < 1.29 is 4.79 Å². The summed E-state index contributed by atoms with van der Waals surface area (Å²) in [5.74, 6) is -0.135. The molecule has 108 valence electrons. The summed E-state index contributed by atoms with van der Waals surface area (Å²) in [6.45, 7) is 5.74. The zero-order valence-electron chi connectivity index (χ0n) is 12.2. The standard InChI is InChI=1S/C18H20N2O/c1-3-8-17(15-10-5-4-6-11-15)19-20-18(21)16-12-7-9-14(2)13-16/h3-7,9-13,17,19H,1,8H2,2H3,(H,20,21). The fourth-order valence-corrected chi connectivity index (χ4v) is 2.14. The molecule has 0 radical (unpaired) electrons. The van der Waals surface area contributed by atoms with Gasteiger partial charge in [0.25, 0.3) is 5.91 Å². The lowest BCUT2D eigenvalue weighted by molar-refractivity contribution is 0.0925. The van der Waals surface area contributed by atoms with E-state index >= 15 is 0 Å². The van der Waals surface area contributed by atoms with Gasteiger partial charge in [-0.15, -0.1) is 6.58 Å². The van der Waals surface area contributed by atoms with Gasteiger partial charge in [0.15, 0.2) is 0 Å². The van der Waals surface area contributed by atoms with Gasteiger partial charge in [0.05, 0.1) is 6.04 Å². The maximum Gasteiger partial charge on any atom is 0.265 e. The van der Waals surface area contributed by atoms with E-state index in [1.54, 1.807) is 6.07 Å². The lowest BCUT2D eigenvalue weighted by atomic mass is 10.0. The summed E-state index contributed by atoms with van der Waals surface area (Å²) in [4.78, 5) is 12.1. The highest BCUT2D eigenvalue weighted by Gasteiger charge is 2.11. The highest BCUT2D eigenvalue weighted by atomic mass is 16.2. The summed E-state index contributed by atoms with van der Waals surface area (Å²) in [7, 11) is 0. The number of nitrogens with one attached hydrogen (secondary N) is 2. The van der Waals surface area contributed by atoms with Crippen LogP contribution >= 0.6 is 0 Å². The summed E-state index contributed by atoms with van der Waals surface area (Å²) in [6, 6.07) is 17.5. The van der Waals surface area contributed by atoms with Crippen molar-refractivity contribution >= 4 is 5.91 Å². The summed E-state index contributed by atoms with van der Waals surface area (Å²) in [5.41, 5.74) is 8.68. The molecule has 0 aliphatic carbocycles. The van der Waals surface area contributed by atoms with Gasteiger partial charge in [-0.25, -0.2) is 5.43 Å². The Labute approximate surface area is 125 Å². The van der Waals surface area contributed by atoms with E-state index in [1.165, 1.54) is 0 Å². The molecule has 1 unspecified atom stereocenters. The number of hydrazine groups is 1. The number of aryl methyl sites for hydroxylation is 1. The molecular weight excluding hydrogens is 260 g/mol. The zero-order chi connectivity index (χ0) is 15.1. The van der Waals surface area contributed by atoms with Crippen molar-refractivity contribution in [2.75, 3.05) is 0 Å². The van der Waals surface area contributed by atoms with Crippen molar-refractivity contribution in [1.82, 2.24) is 10.9 Å². The van der Waals surface area contributed by atoms with Gasteiger partial charge in [-0.2, -0.15) is 0 Å². The second-order valence-corrected chi connectivity index (χ2v) is 4.96. The maximum atomic E-state index is 12.1. The molecule has 2 aromatic carbocycles. The van der Waals surface area contributed by atoms with E-state index in [9.17, 15) is 4.79 Å². The molecule has 1 amide bonds. The van der Waals surface area contributed by atoms with Crippen LogP contribution in [0.5, 0.6) is 0 Å². The highest BCUT2D eigenvalue weighted by Crippen LogP contribution is 2.15. The van der Waals surface area contributed by atoms with Crippen LogP contribution in [0.15, 0.2) is 67.3 Å². The minimum absolute atomic E-state index is 0.0115. The van der Waals surface area contributed by atoms with Crippen LogP contribution in [0, 0.1) is 6.92 Å². The normalized spacial score (nSPS) is 11.7. The van der Waals surface area contributed by atoms with Crippen molar-refractivity contribution in [2.24, 2.45) is 0 Å². The Bertz CT molecular complexity index is 608. The number of rotatable bonds is 6. The third kappa shape index (κ3) is 4.29. The van der Waals surface area contributed by atoms with E-state index < -0.39 is 0 Å². The average molecular weight is 280 g/mol. The molecule has 21 heavy (non-hydrogen) atoms. The average Bonchev–Trinajstić information content (AvgIpc) is 2.52. The number of hydrogen-bond donors (Lipinski definition) is 2. The smallest absolute Gasteiger partial charge is 0.265 e. The quantitative estimate of drug-likeness (QED) is 0.627. The fraction of sp³-hybridized carbons (Fsp3) is 0.167. The van der Waals surface area contributed by atoms with Gasteiger partial charge in [-0.1, -0.05) is 54.1 Å². The first-order chi connectivity index (χ1) is 10.2. The molecule has 0 saturated carbocycles. The number of benzene rings is 2. The molecule has 0 aromatic heterocycles.